The van der Waals surface area contributed by atoms with Crippen molar-refractivity contribution in [2.24, 2.45) is 0 Å². The highest BCUT2D eigenvalue weighted by molar-refractivity contribution is 6.04. The number of nitrogens with zero attached hydrogens (tertiary/aromatic N) is 3. The molecule has 2 aromatic carbocycles. The summed E-state index contributed by atoms with van der Waals surface area (Å²) in [7, 11) is 1.61. The molecule has 2 heterocycles. The van der Waals surface area contributed by atoms with Crippen LogP contribution in [0.5, 0.6) is 11.6 Å². The predicted molar refractivity (Wildman–Crippen MR) is 126 cm³/mol. The standard InChI is InChI=1S/C25H17F6N5O2/c1-32-23-34-9-7-20(36-23)19-6-3-8-33-22(19)38-18-12-16(25(29,30)31)11-17(13-18)35-21(37)14-4-2-5-15(10-14)24(26,27)28/h2-13H,1H3,(H,35,37)(H,32,34,36). The van der Waals surface area contributed by atoms with Crippen LogP contribution in [0.25, 0.3) is 11.3 Å². The Labute approximate surface area is 211 Å². The quantitative estimate of drug-likeness (QED) is 0.270. The van der Waals surface area contributed by atoms with Gasteiger partial charge in [0.25, 0.3) is 5.91 Å². The summed E-state index contributed by atoms with van der Waals surface area (Å²) < 4.78 is 85.6. The number of carbonyl (C=O) groups is 1. The highest BCUT2D eigenvalue weighted by atomic mass is 19.4. The van der Waals surface area contributed by atoms with Crippen molar-refractivity contribution in [1.82, 2.24) is 15.0 Å². The Morgan fingerprint density at radius 1 is 0.842 bits per heavy atom. The molecule has 7 nitrogen and oxygen atoms in total. The lowest BCUT2D eigenvalue weighted by atomic mass is 10.1. The van der Waals surface area contributed by atoms with Crippen molar-refractivity contribution in [1.29, 1.82) is 0 Å². The number of hydrogen-bond donors (Lipinski definition) is 2. The number of rotatable bonds is 6. The molecule has 196 valence electrons. The van der Waals surface area contributed by atoms with E-state index in [1.165, 1.54) is 12.4 Å². The molecule has 2 N–H and O–H groups in total. The topological polar surface area (TPSA) is 89.0 Å². The Morgan fingerprint density at radius 2 is 1.61 bits per heavy atom. The minimum Gasteiger partial charge on any atom is -0.438 e. The summed E-state index contributed by atoms with van der Waals surface area (Å²) in [4.78, 5) is 25.0. The van der Waals surface area contributed by atoms with Crippen molar-refractivity contribution < 1.29 is 35.9 Å². The number of hydrogen-bond acceptors (Lipinski definition) is 6. The minimum atomic E-state index is -4.82. The molecule has 0 aliphatic rings. The van der Waals surface area contributed by atoms with Gasteiger partial charge in [-0.25, -0.2) is 15.0 Å². The molecule has 0 unspecified atom stereocenters. The van der Waals surface area contributed by atoms with Crippen LogP contribution in [0.15, 0.2) is 73.1 Å². The van der Waals surface area contributed by atoms with E-state index in [9.17, 15) is 31.1 Å². The van der Waals surface area contributed by atoms with Crippen molar-refractivity contribution >= 4 is 17.5 Å². The zero-order valence-electron chi connectivity index (χ0n) is 19.4. The zero-order valence-corrected chi connectivity index (χ0v) is 19.4. The summed E-state index contributed by atoms with van der Waals surface area (Å²) in [5.74, 6) is -1.17. The Bertz CT molecular complexity index is 1470. The summed E-state index contributed by atoms with van der Waals surface area (Å²) in [6, 6.07) is 10.7. The molecule has 0 saturated carbocycles. The van der Waals surface area contributed by atoms with E-state index in [2.05, 4.69) is 25.6 Å². The molecule has 0 atom stereocenters. The first-order valence-corrected chi connectivity index (χ1v) is 10.8. The second kappa shape index (κ2) is 10.4. The second-order valence-corrected chi connectivity index (χ2v) is 7.75. The molecule has 0 radical (unpaired) electrons. The Kier molecular flexibility index (Phi) is 7.19. The number of nitrogens with one attached hydrogen (secondary N) is 2. The fraction of sp³-hybridized carbons (Fsp3) is 0.120. The molecular formula is C25H17F6N5O2. The van der Waals surface area contributed by atoms with E-state index in [0.29, 0.717) is 29.5 Å². The van der Waals surface area contributed by atoms with Gasteiger partial charge in [-0.2, -0.15) is 26.3 Å². The molecule has 0 bridgehead atoms. The van der Waals surface area contributed by atoms with Crippen LogP contribution in [-0.4, -0.2) is 27.9 Å². The van der Waals surface area contributed by atoms with E-state index < -0.39 is 35.0 Å². The molecule has 4 rings (SSSR count). The Hall–Kier alpha value is -4.68. The second-order valence-electron chi connectivity index (χ2n) is 7.75. The van der Waals surface area contributed by atoms with Crippen molar-refractivity contribution in [2.75, 3.05) is 17.7 Å². The van der Waals surface area contributed by atoms with Gasteiger partial charge in [-0.3, -0.25) is 4.79 Å². The maximum Gasteiger partial charge on any atom is 0.416 e. The fourth-order valence-electron chi connectivity index (χ4n) is 3.34. The number of alkyl halides is 6. The van der Waals surface area contributed by atoms with Crippen molar-refractivity contribution in [3.05, 3.63) is 89.7 Å². The number of pyridine rings is 1. The van der Waals surface area contributed by atoms with Gasteiger partial charge in [-0.15, -0.1) is 0 Å². The average molecular weight is 533 g/mol. The number of anilines is 2. The van der Waals surface area contributed by atoms with Gasteiger partial charge in [0.1, 0.15) is 5.75 Å². The maximum absolute atomic E-state index is 13.6. The molecule has 0 aliphatic carbocycles. The van der Waals surface area contributed by atoms with Gasteiger partial charge in [0.2, 0.25) is 11.8 Å². The van der Waals surface area contributed by atoms with Crippen LogP contribution in [0, 0.1) is 0 Å². The molecule has 0 spiro atoms. The monoisotopic (exact) mass is 533 g/mol. The summed E-state index contributed by atoms with van der Waals surface area (Å²) in [5.41, 5.74) is -2.26. The summed E-state index contributed by atoms with van der Waals surface area (Å²) >= 11 is 0. The lowest BCUT2D eigenvalue weighted by Gasteiger charge is -2.15. The summed E-state index contributed by atoms with van der Waals surface area (Å²) in [6.45, 7) is 0. The summed E-state index contributed by atoms with van der Waals surface area (Å²) in [6.07, 6.45) is -6.69. The number of carbonyl (C=O) groups excluding carboxylic acids is 1. The van der Waals surface area contributed by atoms with Gasteiger partial charge < -0.3 is 15.4 Å². The third kappa shape index (κ3) is 6.17. The molecule has 38 heavy (non-hydrogen) atoms. The van der Waals surface area contributed by atoms with Crippen LogP contribution in [0.1, 0.15) is 21.5 Å². The van der Waals surface area contributed by atoms with Gasteiger partial charge in [0.05, 0.1) is 22.4 Å². The van der Waals surface area contributed by atoms with E-state index in [-0.39, 0.29) is 23.3 Å². The number of ether oxygens (including phenoxy) is 1. The van der Waals surface area contributed by atoms with Crippen LogP contribution >= 0.6 is 0 Å². The normalized spacial score (nSPS) is 11.7. The molecule has 2 aromatic heterocycles. The van der Waals surface area contributed by atoms with Crippen LogP contribution in [0.3, 0.4) is 0 Å². The molecule has 0 fully saturated rings. The first-order chi connectivity index (χ1) is 17.9. The maximum atomic E-state index is 13.6. The molecule has 0 aliphatic heterocycles. The van der Waals surface area contributed by atoms with Gasteiger partial charge in [-0.05, 0) is 48.5 Å². The van der Waals surface area contributed by atoms with Crippen LogP contribution in [0.4, 0.5) is 38.0 Å². The SMILES string of the molecule is CNc1nccc(-c2cccnc2Oc2cc(NC(=O)c3cccc(C(F)(F)F)c3)cc(C(F)(F)F)c2)n1. The number of halogens is 6. The highest BCUT2D eigenvalue weighted by Crippen LogP contribution is 2.37. The Morgan fingerprint density at radius 3 is 2.32 bits per heavy atom. The van der Waals surface area contributed by atoms with Crippen molar-refractivity contribution in [2.45, 2.75) is 12.4 Å². The lowest BCUT2D eigenvalue weighted by Crippen LogP contribution is -2.15. The predicted octanol–water partition coefficient (Wildman–Crippen LogP) is 6.66. The van der Waals surface area contributed by atoms with E-state index in [4.69, 9.17) is 4.74 Å². The van der Waals surface area contributed by atoms with E-state index in [1.807, 2.05) is 0 Å². The van der Waals surface area contributed by atoms with Gasteiger partial charge in [0.15, 0.2) is 0 Å². The molecular weight excluding hydrogens is 516 g/mol. The van der Waals surface area contributed by atoms with Crippen LogP contribution < -0.4 is 15.4 Å². The highest BCUT2D eigenvalue weighted by Gasteiger charge is 2.33. The number of aromatic nitrogens is 3. The van der Waals surface area contributed by atoms with Crippen molar-refractivity contribution in [3.63, 3.8) is 0 Å². The molecule has 0 saturated heterocycles. The minimum absolute atomic E-state index is 0.0808. The van der Waals surface area contributed by atoms with E-state index in [0.717, 1.165) is 24.3 Å². The van der Waals surface area contributed by atoms with Crippen LogP contribution in [0.2, 0.25) is 0 Å². The van der Waals surface area contributed by atoms with Gasteiger partial charge in [-0.1, -0.05) is 6.07 Å². The number of amides is 1. The average Bonchev–Trinajstić information content (AvgIpc) is 2.88. The largest absolute Gasteiger partial charge is 0.438 e. The first kappa shape index (κ1) is 26.4. The first-order valence-electron chi connectivity index (χ1n) is 10.8. The van der Waals surface area contributed by atoms with E-state index in [1.54, 1.807) is 25.2 Å². The van der Waals surface area contributed by atoms with Gasteiger partial charge >= 0.3 is 12.4 Å². The molecule has 4 aromatic rings. The van der Waals surface area contributed by atoms with Crippen molar-refractivity contribution in [3.8, 4) is 22.9 Å². The molecule has 1 amide bonds. The third-order valence-corrected chi connectivity index (χ3v) is 5.08. The zero-order chi connectivity index (χ0) is 27.5. The van der Waals surface area contributed by atoms with Crippen LogP contribution in [-0.2, 0) is 12.4 Å². The summed E-state index contributed by atoms with van der Waals surface area (Å²) in [5, 5.41) is 4.97. The molecule has 13 heteroatoms. The smallest absolute Gasteiger partial charge is 0.416 e. The third-order valence-electron chi connectivity index (χ3n) is 5.08. The Balaban J connectivity index is 1.68. The van der Waals surface area contributed by atoms with E-state index >= 15 is 0 Å². The fourth-order valence-corrected chi connectivity index (χ4v) is 3.34. The number of benzene rings is 2. The van der Waals surface area contributed by atoms with Gasteiger partial charge in [0, 0.05) is 36.8 Å². The lowest BCUT2D eigenvalue weighted by molar-refractivity contribution is -0.138.